The fourth-order valence-electron chi connectivity index (χ4n) is 2.64. The second-order valence-corrected chi connectivity index (χ2v) is 5.70. The molecule has 1 aliphatic rings. The third-order valence-electron chi connectivity index (χ3n) is 3.72. The van der Waals surface area contributed by atoms with E-state index in [1.54, 1.807) is 35.2 Å². The maximum atomic E-state index is 13.8. The number of aromatic nitrogens is 4. The molecule has 0 amide bonds. The predicted molar refractivity (Wildman–Crippen MR) is 84.2 cm³/mol. The summed E-state index contributed by atoms with van der Waals surface area (Å²) >= 11 is 5.87. The van der Waals surface area contributed by atoms with Crippen LogP contribution in [0.25, 0.3) is 11.2 Å². The molecule has 0 spiro atoms. The molecule has 1 N–H and O–H groups in total. The molecule has 1 atom stereocenters. The van der Waals surface area contributed by atoms with E-state index in [0.717, 1.165) is 18.5 Å². The van der Waals surface area contributed by atoms with Crippen molar-refractivity contribution in [1.82, 2.24) is 19.5 Å². The molecule has 2 aromatic heterocycles. The molecule has 1 aliphatic heterocycles. The highest BCUT2D eigenvalue weighted by Crippen LogP contribution is 2.29. The number of hydrogen-bond acceptors (Lipinski definition) is 5. The van der Waals surface area contributed by atoms with Crippen LogP contribution in [0.5, 0.6) is 0 Å². The lowest BCUT2D eigenvalue weighted by Gasteiger charge is -2.12. The van der Waals surface area contributed by atoms with Gasteiger partial charge in [-0.05, 0) is 37.1 Å². The zero-order chi connectivity index (χ0) is 15.8. The maximum absolute atomic E-state index is 13.8. The van der Waals surface area contributed by atoms with Gasteiger partial charge < -0.3 is 10.1 Å². The largest absolute Gasteiger partial charge is 0.358 e. The number of fused-ring (bicyclic) bond motifs is 1. The highest BCUT2D eigenvalue weighted by atomic mass is 35.5. The molecule has 0 saturated carbocycles. The Morgan fingerprint density at radius 3 is 2.83 bits per heavy atom. The Kier molecular flexibility index (Phi) is 3.59. The van der Waals surface area contributed by atoms with Crippen LogP contribution in [0.2, 0.25) is 5.02 Å². The molecule has 3 aromatic rings. The van der Waals surface area contributed by atoms with Crippen molar-refractivity contribution >= 4 is 34.3 Å². The molecule has 8 heteroatoms. The first-order chi connectivity index (χ1) is 11.2. The minimum Gasteiger partial charge on any atom is -0.358 e. The molecule has 1 fully saturated rings. The van der Waals surface area contributed by atoms with Crippen molar-refractivity contribution in [3.8, 4) is 0 Å². The predicted octanol–water partition coefficient (Wildman–Crippen LogP) is 3.67. The fraction of sp³-hybridized carbons (Fsp3) is 0.267. The first kappa shape index (κ1) is 14.3. The van der Waals surface area contributed by atoms with Gasteiger partial charge in [-0.3, -0.25) is 4.57 Å². The molecule has 1 aromatic carbocycles. The van der Waals surface area contributed by atoms with Crippen molar-refractivity contribution < 1.29 is 9.13 Å². The number of nitrogens with one attached hydrogen (secondary N) is 1. The van der Waals surface area contributed by atoms with Crippen LogP contribution in [0.4, 0.5) is 15.9 Å². The van der Waals surface area contributed by atoms with E-state index >= 15 is 0 Å². The number of halogens is 2. The van der Waals surface area contributed by atoms with E-state index in [1.807, 2.05) is 0 Å². The Bertz CT molecular complexity index is 845. The summed E-state index contributed by atoms with van der Waals surface area (Å²) in [5.74, 6) is 0.312. The summed E-state index contributed by atoms with van der Waals surface area (Å²) in [6, 6.07) is 7.05. The first-order valence-corrected chi connectivity index (χ1v) is 7.63. The van der Waals surface area contributed by atoms with Crippen molar-refractivity contribution in [2.45, 2.75) is 19.1 Å². The van der Waals surface area contributed by atoms with E-state index in [0.29, 0.717) is 28.6 Å². The number of rotatable bonds is 3. The van der Waals surface area contributed by atoms with E-state index in [1.165, 1.54) is 0 Å². The molecule has 4 rings (SSSR count). The summed E-state index contributed by atoms with van der Waals surface area (Å²) in [5.41, 5.74) is 1.65. The van der Waals surface area contributed by atoms with Gasteiger partial charge in [0.1, 0.15) is 6.23 Å². The van der Waals surface area contributed by atoms with Crippen molar-refractivity contribution in [3.05, 3.63) is 41.7 Å². The van der Waals surface area contributed by atoms with Gasteiger partial charge in [0, 0.05) is 17.3 Å². The van der Waals surface area contributed by atoms with Gasteiger partial charge >= 0.3 is 6.08 Å². The SMILES string of the molecule is Fc1nc(Nc2ccc(Cl)cc2)c2ncn(C3CCCO3)c2n1. The average molecular weight is 334 g/mol. The van der Waals surface area contributed by atoms with Crippen LogP contribution in [0, 0.1) is 6.08 Å². The molecule has 0 aliphatic carbocycles. The Morgan fingerprint density at radius 1 is 1.26 bits per heavy atom. The number of benzene rings is 1. The Hall–Kier alpha value is -2.25. The summed E-state index contributed by atoms with van der Waals surface area (Å²) in [7, 11) is 0. The normalized spacial score (nSPS) is 17.7. The van der Waals surface area contributed by atoms with Gasteiger partial charge in [0.05, 0.1) is 6.33 Å². The molecule has 1 saturated heterocycles. The van der Waals surface area contributed by atoms with Gasteiger partial charge in [-0.1, -0.05) is 11.6 Å². The minimum atomic E-state index is -0.811. The Morgan fingerprint density at radius 2 is 2.09 bits per heavy atom. The van der Waals surface area contributed by atoms with Gasteiger partial charge in [0.2, 0.25) is 0 Å². The smallest absolute Gasteiger partial charge is 0.312 e. The summed E-state index contributed by atoms with van der Waals surface area (Å²) in [4.78, 5) is 12.0. The summed E-state index contributed by atoms with van der Waals surface area (Å²) < 4.78 is 21.2. The number of hydrogen-bond donors (Lipinski definition) is 1. The monoisotopic (exact) mass is 333 g/mol. The van der Waals surface area contributed by atoms with Crippen molar-refractivity contribution in [2.24, 2.45) is 0 Å². The van der Waals surface area contributed by atoms with Crippen LogP contribution >= 0.6 is 11.6 Å². The molecule has 1 unspecified atom stereocenters. The highest BCUT2D eigenvalue weighted by molar-refractivity contribution is 6.30. The van der Waals surface area contributed by atoms with Gasteiger partial charge in [-0.2, -0.15) is 14.4 Å². The lowest BCUT2D eigenvalue weighted by Crippen LogP contribution is -2.08. The maximum Gasteiger partial charge on any atom is 0.312 e. The number of anilines is 2. The zero-order valence-corrected chi connectivity index (χ0v) is 12.8. The summed E-state index contributed by atoms with van der Waals surface area (Å²) in [5, 5.41) is 3.67. The average Bonchev–Trinajstić information content (AvgIpc) is 3.18. The topological polar surface area (TPSA) is 64.9 Å². The van der Waals surface area contributed by atoms with E-state index in [-0.39, 0.29) is 6.23 Å². The highest BCUT2D eigenvalue weighted by Gasteiger charge is 2.22. The lowest BCUT2D eigenvalue weighted by molar-refractivity contribution is 0.0592. The van der Waals surface area contributed by atoms with Gasteiger partial charge in [-0.25, -0.2) is 4.98 Å². The molecule has 3 heterocycles. The standard InChI is InChI=1S/C15H13ClFN5O/c16-9-3-5-10(6-4-9)19-13-12-14(21-15(17)20-13)22(8-18-12)11-2-1-7-23-11/h3-6,8,11H,1-2,7H2,(H,19,20,21). The molecule has 0 radical (unpaired) electrons. The lowest BCUT2D eigenvalue weighted by atomic mass is 10.3. The van der Waals surface area contributed by atoms with Crippen molar-refractivity contribution in [1.29, 1.82) is 0 Å². The molecule has 118 valence electrons. The van der Waals surface area contributed by atoms with E-state index in [9.17, 15) is 4.39 Å². The van der Waals surface area contributed by atoms with E-state index < -0.39 is 6.08 Å². The minimum absolute atomic E-state index is 0.155. The number of imidazole rings is 1. The Labute approximate surface area is 136 Å². The molecule has 23 heavy (non-hydrogen) atoms. The third-order valence-corrected chi connectivity index (χ3v) is 3.97. The van der Waals surface area contributed by atoms with E-state index in [4.69, 9.17) is 16.3 Å². The van der Waals surface area contributed by atoms with Crippen molar-refractivity contribution in [3.63, 3.8) is 0 Å². The quantitative estimate of drug-likeness (QED) is 0.741. The van der Waals surface area contributed by atoms with Crippen LogP contribution in [-0.4, -0.2) is 26.1 Å². The first-order valence-electron chi connectivity index (χ1n) is 7.25. The van der Waals surface area contributed by atoms with Crippen LogP contribution in [0.3, 0.4) is 0 Å². The third kappa shape index (κ3) is 2.73. The molecular weight excluding hydrogens is 321 g/mol. The summed E-state index contributed by atoms with van der Waals surface area (Å²) in [6.45, 7) is 0.688. The van der Waals surface area contributed by atoms with E-state index in [2.05, 4.69) is 20.3 Å². The van der Waals surface area contributed by atoms with Gasteiger partial charge in [0.25, 0.3) is 0 Å². The second kappa shape index (κ2) is 5.75. The van der Waals surface area contributed by atoms with Crippen molar-refractivity contribution in [2.75, 3.05) is 11.9 Å². The van der Waals surface area contributed by atoms with Gasteiger partial charge in [0.15, 0.2) is 17.0 Å². The second-order valence-electron chi connectivity index (χ2n) is 5.26. The van der Waals surface area contributed by atoms with Crippen LogP contribution in [0.15, 0.2) is 30.6 Å². The Balaban J connectivity index is 1.75. The van der Waals surface area contributed by atoms with Crippen LogP contribution in [-0.2, 0) is 4.74 Å². The summed E-state index contributed by atoms with van der Waals surface area (Å²) in [6.07, 6.45) is 2.47. The molecule has 0 bridgehead atoms. The number of nitrogens with zero attached hydrogens (tertiary/aromatic N) is 4. The zero-order valence-electron chi connectivity index (χ0n) is 12.0. The van der Waals surface area contributed by atoms with Crippen LogP contribution < -0.4 is 5.32 Å². The van der Waals surface area contributed by atoms with Crippen LogP contribution in [0.1, 0.15) is 19.1 Å². The molecular formula is C15H13ClFN5O. The van der Waals surface area contributed by atoms with Gasteiger partial charge in [-0.15, -0.1) is 0 Å². The number of ether oxygens (including phenoxy) is 1. The molecule has 6 nitrogen and oxygen atoms in total. The fourth-order valence-corrected chi connectivity index (χ4v) is 2.76.